The number of hydrogen-bond acceptors (Lipinski definition) is 5. The minimum Gasteiger partial charge on any atom is -0.465 e. The summed E-state index contributed by atoms with van der Waals surface area (Å²) in [7, 11) is 1.25. The molecule has 0 bridgehead atoms. The summed E-state index contributed by atoms with van der Waals surface area (Å²) in [4.78, 5) is 49.7. The van der Waals surface area contributed by atoms with Crippen LogP contribution in [0.25, 0.3) is 0 Å². The fourth-order valence-corrected chi connectivity index (χ4v) is 3.43. The molecule has 2 N–H and O–H groups in total. The summed E-state index contributed by atoms with van der Waals surface area (Å²) in [6.45, 7) is 0.883. The normalized spacial score (nSPS) is 18.2. The Hall–Kier alpha value is -3.46. The van der Waals surface area contributed by atoms with E-state index >= 15 is 0 Å². The third-order valence-electron chi connectivity index (χ3n) is 4.64. The van der Waals surface area contributed by atoms with E-state index in [1.807, 2.05) is 0 Å². The Bertz CT molecular complexity index is 1040. The van der Waals surface area contributed by atoms with Crippen LogP contribution in [0.1, 0.15) is 22.8 Å². The highest BCUT2D eigenvalue weighted by atomic mass is 35.5. The second-order valence-electron chi connectivity index (χ2n) is 6.69. The van der Waals surface area contributed by atoms with Crippen LogP contribution in [0.4, 0.5) is 14.9 Å². The van der Waals surface area contributed by atoms with Crippen LogP contribution in [0.15, 0.2) is 42.5 Å². The average Bonchev–Trinajstić information content (AvgIpc) is 2.91. The van der Waals surface area contributed by atoms with Crippen LogP contribution in [0.2, 0.25) is 5.02 Å². The van der Waals surface area contributed by atoms with Crippen molar-refractivity contribution in [2.45, 2.75) is 12.5 Å². The third kappa shape index (κ3) is 3.97. The van der Waals surface area contributed by atoms with Gasteiger partial charge in [0.15, 0.2) is 0 Å². The van der Waals surface area contributed by atoms with Gasteiger partial charge in [0.2, 0.25) is 5.91 Å². The monoisotopic (exact) mass is 433 g/mol. The molecule has 4 amide bonds. The molecule has 1 saturated heterocycles. The number of hydrogen-bond donors (Lipinski definition) is 2. The zero-order valence-electron chi connectivity index (χ0n) is 16.0. The summed E-state index contributed by atoms with van der Waals surface area (Å²) in [6.07, 6.45) is 0. The number of urea groups is 1. The number of halogens is 2. The summed E-state index contributed by atoms with van der Waals surface area (Å²) in [6, 6.07) is 8.58. The SMILES string of the molecule is COC(=O)c1ccc(NC(=O)CN2C(=O)NC(C)(c3ccc(F)cc3Cl)C2=O)cc1. The number of methoxy groups -OCH3 is 1. The molecule has 1 aliphatic rings. The smallest absolute Gasteiger partial charge is 0.337 e. The second kappa shape index (κ2) is 8.11. The molecule has 0 aliphatic carbocycles. The Labute approximate surface area is 175 Å². The van der Waals surface area contributed by atoms with E-state index in [9.17, 15) is 23.6 Å². The molecule has 3 rings (SSSR count). The van der Waals surface area contributed by atoms with Gasteiger partial charge in [-0.1, -0.05) is 17.7 Å². The molecule has 1 heterocycles. The predicted molar refractivity (Wildman–Crippen MR) is 105 cm³/mol. The van der Waals surface area contributed by atoms with Crippen molar-refractivity contribution in [1.29, 1.82) is 0 Å². The van der Waals surface area contributed by atoms with Gasteiger partial charge in [-0.05, 0) is 43.3 Å². The topological polar surface area (TPSA) is 105 Å². The molecule has 10 heteroatoms. The zero-order valence-corrected chi connectivity index (χ0v) is 16.7. The van der Waals surface area contributed by atoms with E-state index in [0.717, 1.165) is 17.0 Å². The molecule has 2 aromatic rings. The average molecular weight is 434 g/mol. The van der Waals surface area contributed by atoms with Crippen molar-refractivity contribution >= 4 is 41.1 Å². The first-order valence-corrected chi connectivity index (χ1v) is 9.11. The van der Waals surface area contributed by atoms with Crippen molar-refractivity contribution < 1.29 is 28.3 Å². The van der Waals surface area contributed by atoms with Gasteiger partial charge in [0.1, 0.15) is 17.9 Å². The minimum atomic E-state index is -1.54. The quantitative estimate of drug-likeness (QED) is 0.557. The van der Waals surface area contributed by atoms with Gasteiger partial charge < -0.3 is 15.4 Å². The van der Waals surface area contributed by atoms with E-state index in [1.165, 1.54) is 44.4 Å². The van der Waals surface area contributed by atoms with Crippen molar-refractivity contribution in [2.24, 2.45) is 0 Å². The lowest BCUT2D eigenvalue weighted by Gasteiger charge is -2.23. The minimum absolute atomic E-state index is 0.0249. The zero-order chi connectivity index (χ0) is 22.1. The number of rotatable bonds is 5. The number of carbonyl (C=O) groups is 4. The van der Waals surface area contributed by atoms with Gasteiger partial charge >= 0.3 is 12.0 Å². The van der Waals surface area contributed by atoms with Gasteiger partial charge in [-0.3, -0.25) is 14.5 Å². The number of ether oxygens (including phenoxy) is 1. The largest absolute Gasteiger partial charge is 0.465 e. The van der Waals surface area contributed by atoms with Crippen LogP contribution in [0.5, 0.6) is 0 Å². The highest BCUT2D eigenvalue weighted by molar-refractivity contribution is 6.32. The van der Waals surface area contributed by atoms with Gasteiger partial charge in [-0.25, -0.2) is 14.0 Å². The maximum atomic E-state index is 13.3. The van der Waals surface area contributed by atoms with E-state index in [0.29, 0.717) is 11.3 Å². The van der Waals surface area contributed by atoms with Crippen LogP contribution in [0.3, 0.4) is 0 Å². The number of imide groups is 1. The maximum absolute atomic E-state index is 13.3. The molecule has 156 valence electrons. The summed E-state index contributed by atoms with van der Waals surface area (Å²) in [5, 5.41) is 5.02. The molecule has 1 atom stereocenters. The highest BCUT2D eigenvalue weighted by Gasteiger charge is 2.50. The number of benzene rings is 2. The van der Waals surface area contributed by atoms with Crippen molar-refractivity contribution in [3.8, 4) is 0 Å². The Morgan fingerprint density at radius 2 is 1.87 bits per heavy atom. The standard InChI is InChI=1S/C20H17ClFN3O5/c1-20(14-8-5-12(22)9-15(14)21)18(28)25(19(29)24-20)10-16(26)23-13-6-3-11(4-7-13)17(27)30-2/h3-9H,10H2,1-2H3,(H,23,26)(H,24,29). The molecule has 0 aromatic heterocycles. The number of carbonyl (C=O) groups excluding carboxylic acids is 4. The van der Waals surface area contributed by atoms with Gasteiger partial charge in [0.05, 0.1) is 12.7 Å². The molecule has 0 saturated carbocycles. The number of esters is 1. The van der Waals surface area contributed by atoms with E-state index in [1.54, 1.807) is 0 Å². The van der Waals surface area contributed by atoms with Crippen LogP contribution < -0.4 is 10.6 Å². The van der Waals surface area contributed by atoms with Crippen molar-refractivity contribution in [1.82, 2.24) is 10.2 Å². The van der Waals surface area contributed by atoms with Crippen LogP contribution in [-0.4, -0.2) is 42.4 Å². The molecule has 1 aliphatic heterocycles. The summed E-state index contributed by atoms with van der Waals surface area (Å²) < 4.78 is 17.9. The van der Waals surface area contributed by atoms with Gasteiger partial charge in [0, 0.05) is 16.3 Å². The Balaban J connectivity index is 1.72. The fourth-order valence-electron chi connectivity index (χ4n) is 3.07. The molecule has 0 radical (unpaired) electrons. The van der Waals surface area contributed by atoms with Crippen molar-refractivity contribution in [3.63, 3.8) is 0 Å². The van der Waals surface area contributed by atoms with E-state index < -0.39 is 41.7 Å². The lowest BCUT2D eigenvalue weighted by Crippen LogP contribution is -2.42. The number of amides is 4. The first-order chi connectivity index (χ1) is 14.2. The third-order valence-corrected chi connectivity index (χ3v) is 4.95. The van der Waals surface area contributed by atoms with Crippen LogP contribution in [0, 0.1) is 5.82 Å². The lowest BCUT2D eigenvalue weighted by molar-refractivity contribution is -0.133. The Kier molecular flexibility index (Phi) is 5.75. The predicted octanol–water partition coefficient (Wildman–Crippen LogP) is 2.67. The Morgan fingerprint density at radius 3 is 2.47 bits per heavy atom. The van der Waals surface area contributed by atoms with Gasteiger partial charge in [-0.15, -0.1) is 0 Å². The molecule has 30 heavy (non-hydrogen) atoms. The number of anilines is 1. The van der Waals surface area contributed by atoms with Gasteiger partial charge in [-0.2, -0.15) is 0 Å². The second-order valence-corrected chi connectivity index (χ2v) is 7.09. The van der Waals surface area contributed by atoms with Crippen LogP contribution >= 0.6 is 11.6 Å². The maximum Gasteiger partial charge on any atom is 0.337 e. The first kappa shape index (κ1) is 21.3. The Morgan fingerprint density at radius 1 is 1.20 bits per heavy atom. The molecule has 8 nitrogen and oxygen atoms in total. The number of nitrogens with one attached hydrogen (secondary N) is 2. The van der Waals surface area contributed by atoms with Gasteiger partial charge in [0.25, 0.3) is 5.91 Å². The van der Waals surface area contributed by atoms with E-state index in [-0.39, 0.29) is 10.6 Å². The molecule has 1 fully saturated rings. The lowest BCUT2D eigenvalue weighted by atomic mass is 9.92. The molecule has 0 spiro atoms. The van der Waals surface area contributed by atoms with Crippen LogP contribution in [-0.2, 0) is 19.9 Å². The summed E-state index contributed by atoms with van der Waals surface area (Å²) in [5.41, 5.74) is -0.657. The van der Waals surface area contributed by atoms with Crippen molar-refractivity contribution in [2.75, 3.05) is 19.0 Å². The molecular weight excluding hydrogens is 417 g/mol. The number of nitrogens with zero attached hydrogens (tertiary/aromatic N) is 1. The summed E-state index contributed by atoms with van der Waals surface area (Å²) in [5.74, 6) is -2.43. The summed E-state index contributed by atoms with van der Waals surface area (Å²) >= 11 is 6.04. The highest BCUT2D eigenvalue weighted by Crippen LogP contribution is 2.33. The van der Waals surface area contributed by atoms with E-state index in [2.05, 4.69) is 15.4 Å². The van der Waals surface area contributed by atoms with Crippen molar-refractivity contribution in [3.05, 3.63) is 64.4 Å². The molecule has 2 aromatic carbocycles. The first-order valence-electron chi connectivity index (χ1n) is 8.73. The fraction of sp³-hybridized carbons (Fsp3) is 0.200. The van der Waals surface area contributed by atoms with E-state index in [4.69, 9.17) is 11.6 Å². The molecule has 1 unspecified atom stereocenters. The molecular formula is C20H17ClFN3O5.